The highest BCUT2D eigenvalue weighted by Crippen LogP contribution is 2.47. The Hall–Kier alpha value is -1.24. The second-order valence-corrected chi connectivity index (χ2v) is 6.98. The molecular formula is C14H16N2O2S2. The van der Waals surface area contributed by atoms with E-state index in [1.165, 1.54) is 11.3 Å². The molecule has 3 rings (SSSR count). The summed E-state index contributed by atoms with van der Waals surface area (Å²) in [6, 6.07) is 3.98. The van der Waals surface area contributed by atoms with Gasteiger partial charge in [-0.15, -0.1) is 22.7 Å². The zero-order valence-corrected chi connectivity index (χ0v) is 12.6. The first-order chi connectivity index (χ1) is 9.72. The van der Waals surface area contributed by atoms with E-state index in [-0.39, 0.29) is 17.9 Å². The van der Waals surface area contributed by atoms with Gasteiger partial charge in [0.1, 0.15) is 10.7 Å². The Morgan fingerprint density at radius 2 is 2.30 bits per heavy atom. The van der Waals surface area contributed by atoms with Crippen molar-refractivity contribution in [2.45, 2.75) is 19.3 Å². The monoisotopic (exact) mass is 308 g/mol. The Morgan fingerprint density at radius 3 is 2.95 bits per heavy atom. The number of thiophene rings is 1. The molecule has 0 aliphatic heterocycles. The van der Waals surface area contributed by atoms with E-state index < -0.39 is 0 Å². The molecule has 0 aromatic carbocycles. The fraction of sp³-hybridized carbons (Fsp3) is 0.429. The molecule has 2 heterocycles. The highest BCUT2D eigenvalue weighted by Gasteiger charge is 2.41. The van der Waals surface area contributed by atoms with Crippen LogP contribution in [0, 0.1) is 5.41 Å². The molecule has 1 aliphatic rings. The number of hydrogen-bond donors (Lipinski definition) is 2. The Morgan fingerprint density at radius 1 is 1.45 bits per heavy atom. The summed E-state index contributed by atoms with van der Waals surface area (Å²) in [5, 5.41) is 16.6. The van der Waals surface area contributed by atoms with E-state index in [9.17, 15) is 4.79 Å². The van der Waals surface area contributed by atoms with Crippen molar-refractivity contribution < 1.29 is 9.90 Å². The molecule has 106 valence electrons. The lowest BCUT2D eigenvalue weighted by atomic mass is 10.0. The van der Waals surface area contributed by atoms with E-state index in [4.69, 9.17) is 5.11 Å². The lowest BCUT2D eigenvalue weighted by Gasteiger charge is -2.13. The third kappa shape index (κ3) is 2.92. The van der Waals surface area contributed by atoms with Gasteiger partial charge in [0, 0.05) is 18.5 Å². The van der Waals surface area contributed by atoms with Crippen LogP contribution in [0.25, 0.3) is 9.88 Å². The maximum Gasteiger partial charge on any atom is 0.270 e. The minimum atomic E-state index is -0.117. The standard InChI is InChI=1S/C14H16N2O2S2/c17-6-5-14(3-4-14)9-15-12(18)10-8-20-13(16-10)11-2-1-7-19-11/h1-2,7-8,17H,3-6,9H2,(H,15,18). The van der Waals surface area contributed by atoms with E-state index in [1.54, 1.807) is 16.7 Å². The molecule has 6 heteroatoms. The van der Waals surface area contributed by atoms with E-state index in [1.807, 2.05) is 17.5 Å². The molecule has 2 aromatic heterocycles. The van der Waals surface area contributed by atoms with E-state index in [2.05, 4.69) is 10.3 Å². The number of carbonyl (C=O) groups is 1. The summed E-state index contributed by atoms with van der Waals surface area (Å²) in [6.45, 7) is 0.827. The van der Waals surface area contributed by atoms with Crippen LogP contribution in [0.15, 0.2) is 22.9 Å². The lowest BCUT2D eigenvalue weighted by molar-refractivity contribution is 0.0936. The minimum Gasteiger partial charge on any atom is -0.396 e. The maximum absolute atomic E-state index is 12.1. The van der Waals surface area contributed by atoms with Gasteiger partial charge in [0.2, 0.25) is 0 Å². The van der Waals surface area contributed by atoms with Gasteiger partial charge in [-0.1, -0.05) is 6.07 Å². The van der Waals surface area contributed by atoms with Crippen LogP contribution < -0.4 is 5.32 Å². The molecule has 0 radical (unpaired) electrons. The SMILES string of the molecule is O=C(NCC1(CCO)CC1)c1csc(-c2cccs2)n1. The topological polar surface area (TPSA) is 62.2 Å². The summed E-state index contributed by atoms with van der Waals surface area (Å²) in [7, 11) is 0. The number of nitrogens with one attached hydrogen (secondary N) is 1. The van der Waals surface area contributed by atoms with E-state index in [0.29, 0.717) is 12.2 Å². The molecule has 1 fully saturated rings. The predicted octanol–water partition coefficient (Wildman–Crippen LogP) is 2.76. The van der Waals surface area contributed by atoms with Crippen molar-refractivity contribution in [3.8, 4) is 9.88 Å². The molecule has 0 spiro atoms. The first kappa shape index (κ1) is 13.7. The number of carbonyl (C=O) groups excluding carboxylic acids is 1. The minimum absolute atomic E-state index is 0.117. The summed E-state index contributed by atoms with van der Waals surface area (Å²) >= 11 is 3.12. The average Bonchev–Trinajstić information content (AvgIpc) is 2.89. The predicted molar refractivity (Wildman–Crippen MR) is 81.1 cm³/mol. The van der Waals surface area contributed by atoms with Crippen molar-refractivity contribution in [3.05, 3.63) is 28.6 Å². The normalized spacial score (nSPS) is 16.1. The summed E-state index contributed by atoms with van der Waals surface area (Å²) in [6.07, 6.45) is 2.95. The van der Waals surface area contributed by atoms with Crippen molar-refractivity contribution in [1.29, 1.82) is 0 Å². The number of hydrogen-bond acceptors (Lipinski definition) is 5. The van der Waals surface area contributed by atoms with E-state index >= 15 is 0 Å². The fourth-order valence-electron chi connectivity index (χ4n) is 2.18. The molecular weight excluding hydrogens is 292 g/mol. The fourth-order valence-corrected chi connectivity index (χ4v) is 3.79. The number of nitrogens with zero attached hydrogens (tertiary/aromatic N) is 1. The quantitative estimate of drug-likeness (QED) is 0.862. The van der Waals surface area contributed by atoms with Gasteiger partial charge in [0.25, 0.3) is 5.91 Å². The molecule has 1 amide bonds. The molecule has 0 atom stereocenters. The van der Waals surface area contributed by atoms with E-state index in [0.717, 1.165) is 29.1 Å². The third-order valence-electron chi connectivity index (χ3n) is 3.69. The van der Waals surface area contributed by atoms with Crippen LogP contribution in [-0.2, 0) is 0 Å². The molecule has 2 aromatic rings. The zero-order chi connectivity index (χ0) is 14.0. The first-order valence-corrected chi connectivity index (χ1v) is 8.37. The van der Waals surface area contributed by atoms with Crippen molar-refractivity contribution in [1.82, 2.24) is 10.3 Å². The van der Waals surface area contributed by atoms with Crippen molar-refractivity contribution in [3.63, 3.8) is 0 Å². The molecule has 1 saturated carbocycles. The Kier molecular flexibility index (Phi) is 3.87. The molecule has 4 nitrogen and oxygen atoms in total. The average molecular weight is 308 g/mol. The van der Waals surface area contributed by atoms with Crippen molar-refractivity contribution >= 4 is 28.6 Å². The van der Waals surface area contributed by atoms with Crippen LogP contribution in [0.1, 0.15) is 29.8 Å². The molecule has 0 unspecified atom stereocenters. The number of aliphatic hydroxyl groups is 1. The molecule has 0 saturated heterocycles. The third-order valence-corrected chi connectivity index (χ3v) is 5.57. The highest BCUT2D eigenvalue weighted by atomic mass is 32.1. The van der Waals surface area contributed by atoms with Gasteiger partial charge in [0.05, 0.1) is 4.88 Å². The van der Waals surface area contributed by atoms with Crippen LogP contribution >= 0.6 is 22.7 Å². The van der Waals surface area contributed by atoms with Crippen LogP contribution in [0.2, 0.25) is 0 Å². The number of aliphatic hydroxyl groups excluding tert-OH is 1. The smallest absolute Gasteiger partial charge is 0.270 e. The number of amides is 1. The highest BCUT2D eigenvalue weighted by molar-refractivity contribution is 7.20. The van der Waals surface area contributed by atoms with Gasteiger partial charge in [0.15, 0.2) is 0 Å². The second kappa shape index (κ2) is 5.63. The Balaban J connectivity index is 1.60. The van der Waals surface area contributed by atoms with Gasteiger partial charge in [-0.05, 0) is 36.1 Å². The molecule has 2 N–H and O–H groups in total. The molecule has 20 heavy (non-hydrogen) atoms. The largest absolute Gasteiger partial charge is 0.396 e. The number of rotatable bonds is 6. The number of thiazole rings is 1. The van der Waals surface area contributed by atoms with Gasteiger partial charge < -0.3 is 10.4 Å². The molecule has 0 bridgehead atoms. The summed E-state index contributed by atoms with van der Waals surface area (Å²) in [4.78, 5) is 17.6. The number of aromatic nitrogens is 1. The maximum atomic E-state index is 12.1. The van der Waals surface area contributed by atoms with Gasteiger partial charge in [-0.2, -0.15) is 0 Å². The first-order valence-electron chi connectivity index (χ1n) is 6.61. The van der Waals surface area contributed by atoms with Crippen LogP contribution in [0.3, 0.4) is 0 Å². The summed E-state index contributed by atoms with van der Waals surface area (Å²) in [5.74, 6) is -0.117. The summed E-state index contributed by atoms with van der Waals surface area (Å²) < 4.78 is 0. The van der Waals surface area contributed by atoms with Crippen molar-refractivity contribution in [2.24, 2.45) is 5.41 Å². The van der Waals surface area contributed by atoms with Crippen LogP contribution in [-0.4, -0.2) is 29.1 Å². The second-order valence-electron chi connectivity index (χ2n) is 5.17. The Bertz CT molecular complexity index is 588. The summed E-state index contributed by atoms with van der Waals surface area (Å²) in [5.41, 5.74) is 0.620. The van der Waals surface area contributed by atoms with Gasteiger partial charge >= 0.3 is 0 Å². The van der Waals surface area contributed by atoms with Crippen LogP contribution in [0.5, 0.6) is 0 Å². The van der Waals surface area contributed by atoms with Gasteiger partial charge in [-0.3, -0.25) is 4.79 Å². The lowest BCUT2D eigenvalue weighted by Crippen LogP contribution is -2.30. The molecule has 1 aliphatic carbocycles. The van der Waals surface area contributed by atoms with Gasteiger partial charge in [-0.25, -0.2) is 4.98 Å². The van der Waals surface area contributed by atoms with Crippen molar-refractivity contribution in [2.75, 3.05) is 13.2 Å². The Labute approximate surface area is 125 Å². The zero-order valence-electron chi connectivity index (χ0n) is 11.0. The van der Waals surface area contributed by atoms with Crippen LogP contribution in [0.4, 0.5) is 0 Å².